The molecule has 4 nitrogen and oxygen atoms in total. The van der Waals surface area contributed by atoms with Crippen molar-refractivity contribution in [3.8, 4) is 0 Å². The number of carbonyl (C=O) groups is 2. The van der Waals surface area contributed by atoms with Gasteiger partial charge >= 0.3 is 0 Å². The molecular weight excluding hydrogens is 220 g/mol. The summed E-state index contributed by atoms with van der Waals surface area (Å²) in [6, 6.07) is 0. The Hall–Kier alpha value is -0.740. The number of ether oxygens (including phenoxy) is 2. The zero-order chi connectivity index (χ0) is 12.9. The first kappa shape index (κ1) is 14.3. The van der Waals surface area contributed by atoms with E-state index in [2.05, 4.69) is 6.92 Å². The number of methoxy groups -OCH3 is 2. The smallest absolute Gasteiger partial charge is 0.172 e. The van der Waals surface area contributed by atoms with Gasteiger partial charge in [0.15, 0.2) is 11.6 Å². The van der Waals surface area contributed by atoms with Crippen molar-refractivity contribution >= 4 is 11.6 Å². The van der Waals surface area contributed by atoms with Gasteiger partial charge in [-0.05, 0) is 31.6 Å². The third kappa shape index (κ3) is 3.13. The van der Waals surface area contributed by atoms with Gasteiger partial charge in [-0.1, -0.05) is 6.92 Å². The molecule has 0 bridgehead atoms. The first-order valence-corrected chi connectivity index (χ1v) is 6.11. The van der Waals surface area contributed by atoms with Crippen LogP contribution in [-0.4, -0.2) is 39.0 Å². The van der Waals surface area contributed by atoms with Gasteiger partial charge in [-0.25, -0.2) is 0 Å². The Kier molecular flexibility index (Phi) is 5.28. The van der Waals surface area contributed by atoms with Crippen molar-refractivity contribution in [3.05, 3.63) is 0 Å². The minimum atomic E-state index is -0.849. The van der Waals surface area contributed by atoms with Gasteiger partial charge in [0.2, 0.25) is 0 Å². The van der Waals surface area contributed by atoms with Crippen LogP contribution in [0.15, 0.2) is 0 Å². The molecule has 0 N–H and O–H groups in total. The normalized spacial score (nSPS) is 20.2. The lowest BCUT2D eigenvalue weighted by Crippen LogP contribution is -2.45. The maximum Gasteiger partial charge on any atom is 0.172 e. The van der Waals surface area contributed by atoms with Gasteiger partial charge in [0.05, 0.1) is 5.41 Å². The second-order valence-corrected chi connectivity index (χ2v) is 4.98. The molecule has 0 amide bonds. The number of ketones is 2. The van der Waals surface area contributed by atoms with Crippen LogP contribution in [0.2, 0.25) is 0 Å². The van der Waals surface area contributed by atoms with Crippen LogP contribution < -0.4 is 0 Å². The molecule has 0 spiro atoms. The topological polar surface area (TPSA) is 52.6 Å². The highest BCUT2D eigenvalue weighted by atomic mass is 16.5. The van der Waals surface area contributed by atoms with Crippen LogP contribution in [0, 0.1) is 11.3 Å². The van der Waals surface area contributed by atoms with E-state index in [1.165, 1.54) is 14.2 Å². The molecule has 1 aliphatic rings. The molecule has 0 saturated heterocycles. The van der Waals surface area contributed by atoms with Crippen molar-refractivity contribution in [1.29, 1.82) is 0 Å². The third-order valence-electron chi connectivity index (χ3n) is 3.75. The lowest BCUT2D eigenvalue weighted by Gasteiger charge is -2.36. The molecule has 0 atom stereocenters. The van der Waals surface area contributed by atoms with E-state index in [0.29, 0.717) is 18.8 Å². The monoisotopic (exact) mass is 242 g/mol. The Morgan fingerprint density at radius 2 is 1.47 bits per heavy atom. The van der Waals surface area contributed by atoms with E-state index in [1.807, 2.05) is 0 Å². The Morgan fingerprint density at radius 1 is 1.06 bits per heavy atom. The molecule has 1 rings (SSSR count). The number of carbonyl (C=O) groups excluding carboxylic acids is 2. The van der Waals surface area contributed by atoms with E-state index >= 15 is 0 Å². The highest BCUT2D eigenvalue weighted by Crippen LogP contribution is 2.40. The number of hydrogen-bond donors (Lipinski definition) is 0. The third-order valence-corrected chi connectivity index (χ3v) is 3.75. The second kappa shape index (κ2) is 6.26. The highest BCUT2D eigenvalue weighted by molar-refractivity contribution is 6.08. The van der Waals surface area contributed by atoms with Gasteiger partial charge < -0.3 is 9.47 Å². The van der Waals surface area contributed by atoms with Crippen molar-refractivity contribution in [2.45, 2.75) is 32.6 Å². The zero-order valence-electron chi connectivity index (χ0n) is 11.0. The van der Waals surface area contributed by atoms with Crippen LogP contribution in [0.4, 0.5) is 0 Å². The van der Waals surface area contributed by atoms with Gasteiger partial charge in [-0.3, -0.25) is 9.59 Å². The predicted molar refractivity (Wildman–Crippen MR) is 63.8 cm³/mol. The van der Waals surface area contributed by atoms with Crippen molar-refractivity contribution in [2.75, 3.05) is 27.4 Å². The SMILES string of the molecule is COCC(=O)C1(C(=O)COC)CCC(C)CC1. The average molecular weight is 242 g/mol. The molecule has 0 heterocycles. The van der Waals surface area contributed by atoms with Gasteiger partial charge in [0.1, 0.15) is 13.2 Å². The largest absolute Gasteiger partial charge is 0.377 e. The van der Waals surface area contributed by atoms with E-state index in [4.69, 9.17) is 9.47 Å². The van der Waals surface area contributed by atoms with Gasteiger partial charge in [0, 0.05) is 14.2 Å². The quantitative estimate of drug-likeness (QED) is 0.664. The molecule has 1 fully saturated rings. The van der Waals surface area contributed by atoms with Crippen LogP contribution in [0.25, 0.3) is 0 Å². The molecule has 1 aliphatic carbocycles. The van der Waals surface area contributed by atoms with Gasteiger partial charge in [0.25, 0.3) is 0 Å². The predicted octanol–water partition coefficient (Wildman–Crippen LogP) is 1.61. The fourth-order valence-corrected chi connectivity index (χ4v) is 2.51. The second-order valence-electron chi connectivity index (χ2n) is 4.98. The van der Waals surface area contributed by atoms with Crippen molar-refractivity contribution in [3.63, 3.8) is 0 Å². The molecule has 0 radical (unpaired) electrons. The van der Waals surface area contributed by atoms with Crippen LogP contribution in [0.3, 0.4) is 0 Å². The molecular formula is C13H22O4. The standard InChI is InChI=1S/C13H22O4/c1-10-4-6-13(7-5-10,11(14)8-16-2)12(15)9-17-3/h10H,4-9H2,1-3H3. The molecule has 17 heavy (non-hydrogen) atoms. The summed E-state index contributed by atoms with van der Waals surface area (Å²) in [6.45, 7) is 2.19. The van der Waals surface area contributed by atoms with E-state index in [1.54, 1.807) is 0 Å². The summed E-state index contributed by atoms with van der Waals surface area (Å²) in [5.74, 6) is 0.414. The molecule has 1 saturated carbocycles. The van der Waals surface area contributed by atoms with Gasteiger partial charge in [-0.2, -0.15) is 0 Å². The minimum Gasteiger partial charge on any atom is -0.377 e. The van der Waals surface area contributed by atoms with E-state index in [0.717, 1.165) is 12.8 Å². The average Bonchev–Trinajstić information content (AvgIpc) is 2.31. The fraction of sp³-hybridized carbons (Fsp3) is 0.846. The first-order chi connectivity index (χ1) is 8.06. The summed E-state index contributed by atoms with van der Waals surface area (Å²) in [6.07, 6.45) is 3.12. The summed E-state index contributed by atoms with van der Waals surface area (Å²) in [7, 11) is 2.97. The summed E-state index contributed by atoms with van der Waals surface area (Å²) in [4.78, 5) is 24.3. The Labute approximate surface area is 103 Å². The zero-order valence-corrected chi connectivity index (χ0v) is 11.0. The summed E-state index contributed by atoms with van der Waals surface area (Å²) >= 11 is 0. The van der Waals surface area contributed by atoms with Crippen LogP contribution >= 0.6 is 0 Å². The number of Topliss-reactive ketones (excluding diaryl/α,β-unsaturated/α-hetero) is 2. The summed E-state index contributed by atoms with van der Waals surface area (Å²) < 4.78 is 9.79. The first-order valence-electron chi connectivity index (χ1n) is 6.11. The van der Waals surface area contributed by atoms with Crippen LogP contribution in [-0.2, 0) is 19.1 Å². The summed E-state index contributed by atoms with van der Waals surface area (Å²) in [5.41, 5.74) is -0.849. The van der Waals surface area contributed by atoms with Crippen molar-refractivity contribution < 1.29 is 19.1 Å². The minimum absolute atomic E-state index is 0.0177. The van der Waals surface area contributed by atoms with Crippen LogP contribution in [0.1, 0.15) is 32.6 Å². The molecule has 0 aliphatic heterocycles. The molecule has 0 unspecified atom stereocenters. The number of rotatable bonds is 6. The fourth-order valence-electron chi connectivity index (χ4n) is 2.51. The van der Waals surface area contributed by atoms with Crippen LogP contribution in [0.5, 0.6) is 0 Å². The van der Waals surface area contributed by atoms with E-state index in [-0.39, 0.29) is 24.8 Å². The maximum atomic E-state index is 12.1. The van der Waals surface area contributed by atoms with E-state index < -0.39 is 5.41 Å². The Morgan fingerprint density at radius 3 is 1.82 bits per heavy atom. The van der Waals surface area contributed by atoms with Gasteiger partial charge in [-0.15, -0.1) is 0 Å². The molecule has 0 aromatic rings. The van der Waals surface area contributed by atoms with Crippen molar-refractivity contribution in [1.82, 2.24) is 0 Å². The van der Waals surface area contributed by atoms with Crippen molar-refractivity contribution in [2.24, 2.45) is 11.3 Å². The summed E-state index contributed by atoms with van der Waals surface area (Å²) in [5, 5.41) is 0. The molecule has 4 heteroatoms. The molecule has 0 aromatic carbocycles. The van der Waals surface area contributed by atoms with E-state index in [9.17, 15) is 9.59 Å². The molecule has 0 aromatic heterocycles. The molecule has 98 valence electrons. The lowest BCUT2D eigenvalue weighted by atomic mass is 9.66. The number of hydrogen-bond acceptors (Lipinski definition) is 4. The Bertz CT molecular complexity index is 257. The highest BCUT2D eigenvalue weighted by Gasteiger charge is 2.46. The maximum absolute atomic E-state index is 12.1. The lowest BCUT2D eigenvalue weighted by molar-refractivity contribution is -0.148. The Balaban J connectivity index is 2.84.